The quantitative estimate of drug-likeness (QED) is 0.0488. The summed E-state index contributed by atoms with van der Waals surface area (Å²) in [6.45, 7) is 17.1. The van der Waals surface area contributed by atoms with Gasteiger partial charge < -0.3 is 39.8 Å². The van der Waals surface area contributed by atoms with Gasteiger partial charge in [-0.05, 0) is 62.1 Å². The molecule has 3 N–H and O–H groups in total. The van der Waals surface area contributed by atoms with Crippen LogP contribution in [0.15, 0.2) is 59.5 Å². The molecule has 19 heteroatoms. The number of hydrogen-bond donors (Lipinski definition) is 3. The van der Waals surface area contributed by atoms with Gasteiger partial charge >= 0.3 is 6.09 Å². The number of likely N-dealkylation sites (N-methyl/N-ethyl adjacent to an activating group) is 2. The number of nitrogens with zero attached hydrogens (tertiary/aromatic N) is 4. The van der Waals surface area contributed by atoms with Crippen molar-refractivity contribution in [1.29, 1.82) is 0 Å². The lowest BCUT2D eigenvalue weighted by Gasteiger charge is -2.41. The Labute approximate surface area is 411 Å². The summed E-state index contributed by atoms with van der Waals surface area (Å²) in [5.74, 6) is -2.88. The Morgan fingerprint density at radius 3 is 2.06 bits per heavy atom. The maximum absolute atomic E-state index is 14.6. The largest absolute Gasteiger partial charge is 0.448 e. The summed E-state index contributed by atoms with van der Waals surface area (Å²) in [7, 11) is 9.03. The molecule has 0 spiro atoms. The first-order chi connectivity index (χ1) is 32.1. The number of carbonyl (C=O) groups is 5. The zero-order valence-corrected chi connectivity index (χ0v) is 43.7. The van der Waals surface area contributed by atoms with Gasteiger partial charge in [0.25, 0.3) is 5.69 Å². The smallest absolute Gasteiger partial charge is 0.410 e. The molecule has 1 saturated heterocycles. The van der Waals surface area contributed by atoms with E-state index in [9.17, 15) is 39.2 Å². The number of aliphatic hydroxyl groups is 1. The summed E-state index contributed by atoms with van der Waals surface area (Å²) >= 11 is 0. The summed E-state index contributed by atoms with van der Waals surface area (Å²) < 4.78 is 17.6. The van der Waals surface area contributed by atoms with Crippen LogP contribution >= 0.6 is 21.6 Å². The molecule has 0 aliphatic carbocycles. The highest BCUT2D eigenvalue weighted by Gasteiger charge is 2.44. The number of ether oxygens (including phenoxy) is 3. The number of hydrogen-bond acceptors (Lipinski definition) is 13. The average Bonchev–Trinajstić information content (AvgIpc) is 3.80. The van der Waals surface area contributed by atoms with Gasteiger partial charge in [-0.3, -0.25) is 34.2 Å². The van der Waals surface area contributed by atoms with Crippen molar-refractivity contribution in [2.75, 3.05) is 41.5 Å². The van der Waals surface area contributed by atoms with Crippen molar-refractivity contribution < 1.29 is 48.2 Å². The number of benzene rings is 2. The molecule has 1 aliphatic heterocycles. The first kappa shape index (κ1) is 57.9. The van der Waals surface area contributed by atoms with Crippen molar-refractivity contribution in [2.45, 2.75) is 147 Å². The maximum Gasteiger partial charge on any atom is 0.410 e. The molecule has 68 heavy (non-hydrogen) atoms. The van der Waals surface area contributed by atoms with E-state index in [0.717, 1.165) is 4.90 Å². The van der Waals surface area contributed by atoms with Crippen LogP contribution in [-0.4, -0.2) is 144 Å². The number of carbonyl (C=O) groups excluding carboxylic acids is 5. The van der Waals surface area contributed by atoms with Gasteiger partial charge in [0.1, 0.15) is 18.7 Å². The lowest BCUT2D eigenvalue weighted by Crippen LogP contribution is -2.60. The molecule has 2 aromatic rings. The summed E-state index contributed by atoms with van der Waals surface area (Å²) in [4.78, 5) is 85.9. The van der Waals surface area contributed by atoms with E-state index in [1.807, 2.05) is 52.8 Å². The number of non-ortho nitro benzene ring substituents is 1. The van der Waals surface area contributed by atoms with E-state index in [4.69, 9.17) is 14.2 Å². The highest BCUT2D eigenvalue weighted by Crippen LogP contribution is 2.35. The highest BCUT2D eigenvalue weighted by molar-refractivity contribution is 8.76. The third kappa shape index (κ3) is 15.8. The maximum atomic E-state index is 14.6. The Bertz CT molecular complexity index is 1950. The van der Waals surface area contributed by atoms with Crippen LogP contribution in [0.2, 0.25) is 0 Å². The first-order valence-corrected chi connectivity index (χ1v) is 25.7. The van der Waals surface area contributed by atoms with Gasteiger partial charge in [0, 0.05) is 57.1 Å². The minimum atomic E-state index is -0.986. The number of nitro groups is 1. The zero-order valence-electron chi connectivity index (χ0n) is 42.1. The fourth-order valence-electron chi connectivity index (χ4n) is 8.77. The number of rotatable bonds is 26. The van der Waals surface area contributed by atoms with E-state index in [0.29, 0.717) is 31.4 Å². The normalized spacial score (nSPS) is 18.3. The Balaban J connectivity index is 1.70. The van der Waals surface area contributed by atoms with Crippen LogP contribution in [0.1, 0.15) is 99.7 Å². The molecule has 3 rings (SSSR count). The van der Waals surface area contributed by atoms with Gasteiger partial charge in [-0.25, -0.2) is 4.79 Å². The molecule has 5 amide bonds. The second-order valence-corrected chi connectivity index (χ2v) is 21.3. The van der Waals surface area contributed by atoms with E-state index < -0.39 is 71.4 Å². The van der Waals surface area contributed by atoms with Crippen molar-refractivity contribution in [3.05, 3.63) is 70.3 Å². The van der Waals surface area contributed by atoms with Crippen molar-refractivity contribution in [1.82, 2.24) is 25.3 Å². The standard InChI is InChI=1S/C49H76N6O11S2/c1-14-31(6)43(39(64-12)27-40(56)54-26-18-21-38(54)45(65-13)33(8)46(58)50-34(9)44(57)35-19-16-15-17-20-35)52(10)48(60)41(29(2)3)51-47(59)42(30(4)5)53(11)49(61)66-28-32(7)67-68-37-24-22-36(23-25-37)55(62)63/h15-17,19-20,22-25,29-34,38-39,41-45,57H,14,18,21,26-28H2,1-13H3,(H,50,58)(H,51,59)/t31-,32+,33+,34+,38-,39+,41-,42-,43-,44+,45+/m0/s1. The highest BCUT2D eigenvalue weighted by atomic mass is 33.1. The SMILES string of the molecule is CC[C@H](C)[C@@H]([C@@H](CC(=O)N1CCC[C@H]1[C@H](OC)[C@@H](C)C(=O)N[C@H](C)[C@@H](O)c1ccccc1)OC)N(C)C(=O)[C@@H](NC(=O)[C@H](C(C)C)N(C)C(=O)OC[C@@H](C)SSc1ccc([N+](=O)[O-])cc1)C(C)C. The Morgan fingerprint density at radius 1 is 0.882 bits per heavy atom. The second-order valence-electron chi connectivity index (χ2n) is 18.6. The van der Waals surface area contributed by atoms with Crippen LogP contribution in [0, 0.1) is 33.8 Å². The van der Waals surface area contributed by atoms with E-state index in [1.165, 1.54) is 59.9 Å². The van der Waals surface area contributed by atoms with Crippen LogP contribution in [0.3, 0.4) is 0 Å². The molecular formula is C49H76N6O11S2. The van der Waals surface area contributed by atoms with Gasteiger partial charge in [-0.1, -0.05) is 107 Å². The Morgan fingerprint density at radius 2 is 1.51 bits per heavy atom. The van der Waals surface area contributed by atoms with E-state index in [2.05, 4.69) is 10.6 Å². The number of amides is 5. The second kappa shape index (κ2) is 27.7. The number of aliphatic hydroxyl groups excluding tert-OH is 1. The number of methoxy groups -OCH3 is 2. The van der Waals surface area contributed by atoms with Gasteiger partial charge in [0.2, 0.25) is 23.6 Å². The zero-order chi connectivity index (χ0) is 51.0. The lowest BCUT2D eigenvalue weighted by molar-refractivity contribution is -0.384. The van der Waals surface area contributed by atoms with Crippen LogP contribution < -0.4 is 10.6 Å². The molecule has 0 unspecified atom stereocenters. The van der Waals surface area contributed by atoms with Gasteiger partial charge in [0.15, 0.2) is 0 Å². The lowest BCUT2D eigenvalue weighted by atomic mass is 9.89. The summed E-state index contributed by atoms with van der Waals surface area (Å²) in [5.41, 5.74) is 0.682. The first-order valence-electron chi connectivity index (χ1n) is 23.5. The van der Waals surface area contributed by atoms with Gasteiger partial charge in [0.05, 0.1) is 53.7 Å². The van der Waals surface area contributed by atoms with Crippen LogP contribution in [0.25, 0.3) is 0 Å². The molecule has 0 saturated carbocycles. The van der Waals surface area contributed by atoms with Gasteiger partial charge in [-0.15, -0.1) is 0 Å². The minimum Gasteiger partial charge on any atom is -0.448 e. The van der Waals surface area contributed by atoms with Crippen molar-refractivity contribution in [3.63, 3.8) is 0 Å². The molecular weight excluding hydrogens is 913 g/mol. The third-order valence-corrected chi connectivity index (χ3v) is 15.8. The fraction of sp³-hybridized carbons (Fsp3) is 0.653. The fourth-order valence-corrected chi connectivity index (χ4v) is 10.7. The molecule has 0 aromatic heterocycles. The number of nitro benzene ring substituents is 1. The van der Waals surface area contributed by atoms with Crippen LogP contribution in [-0.2, 0) is 33.4 Å². The molecule has 0 radical (unpaired) electrons. The average molecular weight is 989 g/mol. The Hall–Kier alpha value is -4.43. The summed E-state index contributed by atoms with van der Waals surface area (Å²) in [6.07, 6.45) is -1.03. The van der Waals surface area contributed by atoms with Crippen molar-refractivity contribution in [2.24, 2.45) is 23.7 Å². The molecule has 1 aliphatic rings. The van der Waals surface area contributed by atoms with Crippen LogP contribution in [0.4, 0.5) is 10.5 Å². The van der Waals surface area contributed by atoms with E-state index in [1.54, 1.807) is 68.8 Å². The number of likely N-dealkylation sites (tertiary alicyclic amines) is 1. The van der Waals surface area contributed by atoms with Crippen molar-refractivity contribution >= 4 is 57.0 Å². The Kier molecular flexibility index (Phi) is 23.6. The molecule has 380 valence electrons. The third-order valence-electron chi connectivity index (χ3n) is 12.9. The van der Waals surface area contributed by atoms with Gasteiger partial charge in [-0.2, -0.15) is 0 Å². The molecule has 17 nitrogen and oxygen atoms in total. The molecule has 11 atom stereocenters. The molecule has 0 bridgehead atoms. The topological polar surface area (TPSA) is 210 Å². The molecule has 1 fully saturated rings. The monoisotopic (exact) mass is 989 g/mol. The molecule has 1 heterocycles. The minimum absolute atomic E-state index is 0.00292. The summed E-state index contributed by atoms with van der Waals surface area (Å²) in [5, 5.41) is 27.6. The van der Waals surface area contributed by atoms with Crippen molar-refractivity contribution in [3.8, 4) is 0 Å². The van der Waals surface area contributed by atoms with Crippen LogP contribution in [0.5, 0.6) is 0 Å². The predicted molar refractivity (Wildman–Crippen MR) is 266 cm³/mol. The molecule has 2 aromatic carbocycles. The predicted octanol–water partition coefficient (Wildman–Crippen LogP) is 7.12. The van der Waals surface area contributed by atoms with E-state index in [-0.39, 0.29) is 59.4 Å². The van der Waals surface area contributed by atoms with E-state index >= 15 is 0 Å². The number of nitrogens with one attached hydrogen (secondary N) is 2. The summed E-state index contributed by atoms with van der Waals surface area (Å²) in [6, 6.07) is 11.8.